The number of hydrogen-bond donors (Lipinski definition) is 2. The minimum Gasteiger partial charge on any atom is -0.495 e. The Morgan fingerprint density at radius 1 is 1.69 bits per heavy atom. The SMILES string of the molecule is CC(O)(C1=CCCO1)C1CCCN1. The second-order valence-electron chi connectivity index (χ2n) is 4.00. The Morgan fingerprint density at radius 3 is 3.08 bits per heavy atom. The standard InChI is InChI=1S/C10H17NO2/c1-10(12,8-4-2-6-11-8)9-5-3-7-13-9/h5,8,11-12H,2-4,6-7H2,1H3. The van der Waals surface area contributed by atoms with E-state index in [0.29, 0.717) is 0 Å². The molecule has 0 aromatic heterocycles. The van der Waals surface area contributed by atoms with Crippen LogP contribution in [0.4, 0.5) is 0 Å². The summed E-state index contributed by atoms with van der Waals surface area (Å²) in [6, 6.07) is 0.164. The Balaban J connectivity index is 2.08. The fraction of sp³-hybridized carbons (Fsp3) is 0.800. The summed E-state index contributed by atoms with van der Waals surface area (Å²) in [5.41, 5.74) is -0.812. The van der Waals surface area contributed by atoms with Gasteiger partial charge in [-0.15, -0.1) is 0 Å². The predicted molar refractivity (Wildman–Crippen MR) is 50.3 cm³/mol. The molecule has 2 aliphatic rings. The van der Waals surface area contributed by atoms with Crippen LogP contribution in [-0.2, 0) is 4.74 Å². The second-order valence-corrected chi connectivity index (χ2v) is 4.00. The van der Waals surface area contributed by atoms with Crippen LogP contribution in [-0.4, -0.2) is 29.9 Å². The van der Waals surface area contributed by atoms with Crippen LogP contribution in [0.25, 0.3) is 0 Å². The molecule has 0 spiro atoms. The summed E-state index contributed by atoms with van der Waals surface area (Å²) in [5.74, 6) is 0.756. The van der Waals surface area contributed by atoms with Crippen molar-refractivity contribution in [3.63, 3.8) is 0 Å². The first-order chi connectivity index (χ1) is 6.21. The van der Waals surface area contributed by atoms with Crippen molar-refractivity contribution in [3.05, 3.63) is 11.8 Å². The largest absolute Gasteiger partial charge is 0.495 e. The molecular weight excluding hydrogens is 166 g/mol. The Labute approximate surface area is 78.8 Å². The van der Waals surface area contributed by atoms with Crippen molar-refractivity contribution in [2.75, 3.05) is 13.2 Å². The summed E-state index contributed by atoms with van der Waals surface area (Å²) in [6.45, 7) is 3.57. The van der Waals surface area contributed by atoms with Crippen molar-refractivity contribution in [2.45, 2.75) is 37.8 Å². The van der Waals surface area contributed by atoms with Crippen molar-refractivity contribution >= 4 is 0 Å². The molecule has 2 unspecified atom stereocenters. The first kappa shape index (κ1) is 9.03. The Morgan fingerprint density at radius 2 is 2.54 bits per heavy atom. The Bertz CT molecular complexity index is 217. The lowest BCUT2D eigenvalue weighted by Crippen LogP contribution is -2.46. The van der Waals surface area contributed by atoms with E-state index in [4.69, 9.17) is 4.74 Å². The molecule has 3 nitrogen and oxygen atoms in total. The molecular formula is C10H17NO2. The van der Waals surface area contributed by atoms with Crippen molar-refractivity contribution < 1.29 is 9.84 Å². The zero-order valence-corrected chi connectivity index (χ0v) is 8.05. The molecule has 0 bridgehead atoms. The van der Waals surface area contributed by atoms with Gasteiger partial charge >= 0.3 is 0 Å². The van der Waals surface area contributed by atoms with Crippen LogP contribution in [0.15, 0.2) is 11.8 Å². The average Bonchev–Trinajstić information content (AvgIpc) is 2.78. The van der Waals surface area contributed by atoms with Gasteiger partial charge in [0.1, 0.15) is 11.4 Å². The molecule has 0 aromatic rings. The summed E-state index contributed by atoms with van der Waals surface area (Å²) in [7, 11) is 0. The summed E-state index contributed by atoms with van der Waals surface area (Å²) in [5, 5.41) is 13.6. The maximum atomic E-state index is 10.3. The van der Waals surface area contributed by atoms with Gasteiger partial charge in [-0.3, -0.25) is 0 Å². The first-order valence-corrected chi connectivity index (χ1v) is 5.00. The lowest BCUT2D eigenvalue weighted by molar-refractivity contribution is 0.00817. The zero-order valence-electron chi connectivity index (χ0n) is 8.05. The van der Waals surface area contributed by atoms with Gasteiger partial charge in [-0.2, -0.15) is 0 Å². The molecule has 2 atom stereocenters. The fourth-order valence-corrected chi connectivity index (χ4v) is 2.11. The van der Waals surface area contributed by atoms with Crippen molar-refractivity contribution in [2.24, 2.45) is 0 Å². The minimum absolute atomic E-state index is 0.164. The predicted octanol–water partition coefficient (Wildman–Crippen LogP) is 0.794. The number of aliphatic hydroxyl groups is 1. The fourth-order valence-electron chi connectivity index (χ4n) is 2.11. The van der Waals surface area contributed by atoms with Crippen LogP contribution in [0.2, 0.25) is 0 Å². The molecule has 0 amide bonds. The van der Waals surface area contributed by atoms with Gasteiger partial charge in [-0.05, 0) is 32.4 Å². The molecule has 1 fully saturated rings. The van der Waals surface area contributed by atoms with E-state index in [1.165, 1.54) is 0 Å². The van der Waals surface area contributed by atoms with Crippen molar-refractivity contribution in [1.82, 2.24) is 5.32 Å². The number of rotatable bonds is 2. The first-order valence-electron chi connectivity index (χ1n) is 5.00. The number of ether oxygens (including phenoxy) is 1. The lowest BCUT2D eigenvalue weighted by atomic mass is 9.93. The topological polar surface area (TPSA) is 41.5 Å². The Hall–Kier alpha value is -0.540. The van der Waals surface area contributed by atoms with E-state index >= 15 is 0 Å². The average molecular weight is 183 g/mol. The molecule has 2 rings (SSSR count). The van der Waals surface area contributed by atoms with Crippen LogP contribution in [0.5, 0.6) is 0 Å². The van der Waals surface area contributed by atoms with Crippen LogP contribution in [0.3, 0.4) is 0 Å². The Kier molecular flexibility index (Phi) is 2.30. The van der Waals surface area contributed by atoms with E-state index in [9.17, 15) is 5.11 Å². The monoisotopic (exact) mass is 183 g/mol. The maximum Gasteiger partial charge on any atom is 0.133 e. The van der Waals surface area contributed by atoms with E-state index in [0.717, 1.165) is 38.2 Å². The van der Waals surface area contributed by atoms with E-state index in [1.807, 2.05) is 13.0 Å². The molecule has 13 heavy (non-hydrogen) atoms. The zero-order chi connectivity index (χ0) is 9.31. The van der Waals surface area contributed by atoms with Crippen molar-refractivity contribution in [3.8, 4) is 0 Å². The summed E-state index contributed by atoms with van der Waals surface area (Å²) >= 11 is 0. The quantitative estimate of drug-likeness (QED) is 0.665. The van der Waals surface area contributed by atoms with Gasteiger partial charge in [0.25, 0.3) is 0 Å². The molecule has 2 aliphatic heterocycles. The highest BCUT2D eigenvalue weighted by atomic mass is 16.5. The van der Waals surface area contributed by atoms with Crippen LogP contribution in [0.1, 0.15) is 26.2 Å². The third-order valence-electron chi connectivity index (χ3n) is 2.94. The minimum atomic E-state index is -0.812. The summed E-state index contributed by atoms with van der Waals surface area (Å²) < 4.78 is 5.40. The van der Waals surface area contributed by atoms with Crippen LogP contribution in [0, 0.1) is 0 Å². The lowest BCUT2D eigenvalue weighted by Gasteiger charge is -2.30. The van der Waals surface area contributed by atoms with E-state index in [-0.39, 0.29) is 6.04 Å². The molecule has 0 aliphatic carbocycles. The van der Waals surface area contributed by atoms with E-state index in [2.05, 4.69) is 5.32 Å². The van der Waals surface area contributed by atoms with Gasteiger partial charge in [-0.1, -0.05) is 0 Å². The normalized spacial score (nSPS) is 32.5. The molecule has 1 saturated heterocycles. The van der Waals surface area contributed by atoms with Gasteiger partial charge in [-0.25, -0.2) is 0 Å². The molecule has 3 heteroatoms. The molecule has 2 N–H and O–H groups in total. The van der Waals surface area contributed by atoms with Gasteiger partial charge in [0.05, 0.1) is 6.61 Å². The smallest absolute Gasteiger partial charge is 0.133 e. The molecule has 0 radical (unpaired) electrons. The third-order valence-corrected chi connectivity index (χ3v) is 2.94. The van der Waals surface area contributed by atoms with Gasteiger partial charge in [0.2, 0.25) is 0 Å². The molecule has 0 saturated carbocycles. The van der Waals surface area contributed by atoms with Crippen molar-refractivity contribution in [1.29, 1.82) is 0 Å². The third kappa shape index (κ3) is 1.58. The highest BCUT2D eigenvalue weighted by molar-refractivity contribution is 5.16. The number of nitrogens with one attached hydrogen (secondary N) is 1. The van der Waals surface area contributed by atoms with Gasteiger partial charge < -0.3 is 15.2 Å². The van der Waals surface area contributed by atoms with E-state index < -0.39 is 5.60 Å². The van der Waals surface area contributed by atoms with E-state index in [1.54, 1.807) is 0 Å². The van der Waals surface area contributed by atoms with Gasteiger partial charge in [0, 0.05) is 12.5 Å². The molecule has 74 valence electrons. The van der Waals surface area contributed by atoms with Gasteiger partial charge in [0.15, 0.2) is 0 Å². The summed E-state index contributed by atoms with van der Waals surface area (Å²) in [6.07, 6.45) is 5.11. The van der Waals surface area contributed by atoms with Crippen LogP contribution >= 0.6 is 0 Å². The highest BCUT2D eigenvalue weighted by Gasteiger charge is 2.39. The number of hydrogen-bond acceptors (Lipinski definition) is 3. The molecule has 2 heterocycles. The van der Waals surface area contributed by atoms with Crippen LogP contribution < -0.4 is 5.32 Å². The summed E-state index contributed by atoms with van der Waals surface area (Å²) in [4.78, 5) is 0. The molecule has 0 aromatic carbocycles. The maximum absolute atomic E-state index is 10.3. The second kappa shape index (κ2) is 3.31. The highest BCUT2D eigenvalue weighted by Crippen LogP contribution is 2.29.